The molecule has 0 radical (unpaired) electrons. The highest BCUT2D eigenvalue weighted by Crippen LogP contribution is 2.23. The van der Waals surface area contributed by atoms with Crippen LogP contribution in [0.15, 0.2) is 48.5 Å². The maximum atomic E-state index is 12.4. The van der Waals surface area contributed by atoms with Crippen molar-refractivity contribution in [2.75, 3.05) is 11.3 Å². The topological polar surface area (TPSA) is 110 Å². The molecule has 1 N–H and O–H groups in total. The maximum Gasteiger partial charge on any atom is 0.236 e. The Balaban J connectivity index is 1.48. The Hall–Kier alpha value is -3.22. The zero-order valence-electron chi connectivity index (χ0n) is 14.9. The summed E-state index contributed by atoms with van der Waals surface area (Å²) in [6.07, 6.45) is 0. The van der Waals surface area contributed by atoms with Gasteiger partial charge in [0.25, 0.3) is 0 Å². The van der Waals surface area contributed by atoms with Crippen molar-refractivity contribution in [1.29, 1.82) is 5.26 Å². The lowest BCUT2D eigenvalue weighted by Gasteiger charge is -2.15. The van der Waals surface area contributed by atoms with Crippen LogP contribution in [0.1, 0.15) is 17.0 Å². The van der Waals surface area contributed by atoms with Crippen molar-refractivity contribution < 1.29 is 13.2 Å². The molecule has 1 aliphatic rings. The third-order valence-corrected chi connectivity index (χ3v) is 5.63. The largest absolute Gasteiger partial charge is 0.372 e. The van der Waals surface area contributed by atoms with Crippen molar-refractivity contribution in [3.05, 3.63) is 65.5 Å². The molecule has 28 heavy (non-hydrogen) atoms. The van der Waals surface area contributed by atoms with Gasteiger partial charge in [-0.2, -0.15) is 5.26 Å². The summed E-state index contributed by atoms with van der Waals surface area (Å²) in [6, 6.07) is 15.5. The van der Waals surface area contributed by atoms with Gasteiger partial charge in [0.1, 0.15) is 6.61 Å². The molecule has 9 heteroatoms. The molecule has 0 fully saturated rings. The maximum absolute atomic E-state index is 12.4. The number of nitriles is 1. The Morgan fingerprint density at radius 2 is 1.86 bits per heavy atom. The lowest BCUT2D eigenvalue weighted by Crippen LogP contribution is -2.17. The van der Waals surface area contributed by atoms with Crippen LogP contribution in [0.25, 0.3) is 11.4 Å². The Morgan fingerprint density at radius 3 is 2.57 bits per heavy atom. The molecule has 0 atom stereocenters. The molecule has 8 nitrogen and oxygen atoms in total. The molecule has 0 unspecified atom stereocenters. The van der Waals surface area contributed by atoms with E-state index in [1.165, 1.54) is 0 Å². The van der Waals surface area contributed by atoms with Crippen molar-refractivity contribution >= 4 is 15.7 Å². The normalized spacial score (nSPS) is 13.5. The van der Waals surface area contributed by atoms with Crippen molar-refractivity contribution in [1.82, 2.24) is 14.8 Å². The number of sulfonamides is 1. The minimum Gasteiger partial charge on any atom is -0.372 e. The van der Waals surface area contributed by atoms with Gasteiger partial charge in [0.05, 0.1) is 24.0 Å². The fourth-order valence-electron chi connectivity index (χ4n) is 3.01. The van der Waals surface area contributed by atoms with Gasteiger partial charge in [0.15, 0.2) is 11.6 Å². The fraction of sp³-hybridized carbons (Fsp3) is 0.211. The van der Waals surface area contributed by atoms with Crippen LogP contribution in [-0.2, 0) is 33.7 Å². The van der Waals surface area contributed by atoms with E-state index in [0.717, 1.165) is 17.2 Å². The van der Waals surface area contributed by atoms with Gasteiger partial charge >= 0.3 is 0 Å². The first kappa shape index (κ1) is 18.2. The summed E-state index contributed by atoms with van der Waals surface area (Å²) in [7, 11) is -3.57. The quantitative estimate of drug-likeness (QED) is 0.710. The molecule has 1 aromatic heterocycles. The molecular formula is C19H17N5O3S. The van der Waals surface area contributed by atoms with Crippen molar-refractivity contribution in [2.45, 2.75) is 18.9 Å². The first-order valence-electron chi connectivity index (χ1n) is 8.64. The summed E-state index contributed by atoms with van der Waals surface area (Å²) < 4.78 is 34.8. The number of hydrogen-bond donors (Lipinski definition) is 1. The van der Waals surface area contributed by atoms with E-state index < -0.39 is 10.0 Å². The molecule has 0 spiro atoms. The molecule has 0 saturated carbocycles. The average molecular weight is 395 g/mol. The number of ether oxygens (including phenoxy) is 1. The SMILES string of the molecule is N#Cc1ccc(CS(=O)(=O)Nc2ccc(-c3nnc4n3CCOC4)cc2)cc1. The highest BCUT2D eigenvalue weighted by Gasteiger charge is 2.17. The van der Waals surface area contributed by atoms with Crippen LogP contribution in [0, 0.1) is 11.3 Å². The number of anilines is 1. The van der Waals surface area contributed by atoms with Crippen LogP contribution >= 0.6 is 0 Å². The van der Waals surface area contributed by atoms with E-state index >= 15 is 0 Å². The second kappa shape index (κ2) is 7.42. The summed E-state index contributed by atoms with van der Waals surface area (Å²) in [4.78, 5) is 0. The number of hydrogen-bond acceptors (Lipinski definition) is 6. The van der Waals surface area contributed by atoms with E-state index in [4.69, 9.17) is 10.00 Å². The van der Waals surface area contributed by atoms with E-state index in [1.807, 2.05) is 22.8 Å². The van der Waals surface area contributed by atoms with E-state index in [-0.39, 0.29) is 5.75 Å². The van der Waals surface area contributed by atoms with Gasteiger partial charge in [0.2, 0.25) is 10.0 Å². The van der Waals surface area contributed by atoms with Crippen molar-refractivity contribution in [3.63, 3.8) is 0 Å². The molecule has 4 rings (SSSR count). The zero-order chi connectivity index (χ0) is 19.6. The summed E-state index contributed by atoms with van der Waals surface area (Å²) in [5, 5.41) is 17.2. The molecule has 0 bridgehead atoms. The molecule has 0 amide bonds. The van der Waals surface area contributed by atoms with Crippen LogP contribution in [0.5, 0.6) is 0 Å². The van der Waals surface area contributed by atoms with Crippen LogP contribution in [0.2, 0.25) is 0 Å². The van der Waals surface area contributed by atoms with Crippen LogP contribution in [-0.4, -0.2) is 29.8 Å². The van der Waals surface area contributed by atoms with Gasteiger partial charge < -0.3 is 9.30 Å². The zero-order valence-corrected chi connectivity index (χ0v) is 15.7. The van der Waals surface area contributed by atoms with Gasteiger partial charge in [0, 0.05) is 17.8 Å². The Morgan fingerprint density at radius 1 is 1.11 bits per heavy atom. The number of benzene rings is 2. The smallest absolute Gasteiger partial charge is 0.236 e. The summed E-state index contributed by atoms with van der Waals surface area (Å²) in [5.41, 5.74) is 2.43. The molecular weight excluding hydrogens is 378 g/mol. The monoisotopic (exact) mass is 395 g/mol. The average Bonchev–Trinajstić information content (AvgIpc) is 3.13. The third kappa shape index (κ3) is 3.88. The van der Waals surface area contributed by atoms with E-state index in [9.17, 15) is 8.42 Å². The van der Waals surface area contributed by atoms with E-state index in [1.54, 1.807) is 36.4 Å². The van der Waals surface area contributed by atoms with Gasteiger partial charge in [-0.15, -0.1) is 10.2 Å². The van der Waals surface area contributed by atoms with Crippen LogP contribution in [0.3, 0.4) is 0 Å². The first-order valence-corrected chi connectivity index (χ1v) is 10.3. The lowest BCUT2D eigenvalue weighted by atomic mass is 10.2. The Labute approximate surface area is 162 Å². The van der Waals surface area contributed by atoms with Gasteiger partial charge in [-0.1, -0.05) is 12.1 Å². The van der Waals surface area contributed by atoms with E-state index in [0.29, 0.717) is 36.6 Å². The molecule has 1 aliphatic heterocycles. The van der Waals surface area contributed by atoms with Gasteiger partial charge in [-0.05, 0) is 42.0 Å². The van der Waals surface area contributed by atoms with Crippen LogP contribution in [0.4, 0.5) is 5.69 Å². The third-order valence-electron chi connectivity index (χ3n) is 4.37. The summed E-state index contributed by atoms with van der Waals surface area (Å²) >= 11 is 0. The van der Waals surface area contributed by atoms with Crippen molar-refractivity contribution in [3.8, 4) is 17.5 Å². The summed E-state index contributed by atoms with van der Waals surface area (Å²) in [5.74, 6) is 1.36. The highest BCUT2D eigenvalue weighted by molar-refractivity contribution is 7.91. The molecule has 2 heterocycles. The Bertz CT molecular complexity index is 1130. The number of rotatable bonds is 5. The van der Waals surface area contributed by atoms with Gasteiger partial charge in [-0.3, -0.25) is 4.72 Å². The summed E-state index contributed by atoms with van der Waals surface area (Å²) in [6.45, 7) is 1.75. The molecule has 2 aromatic carbocycles. The highest BCUT2D eigenvalue weighted by atomic mass is 32.2. The predicted octanol–water partition coefficient (Wildman–Crippen LogP) is 2.29. The van der Waals surface area contributed by atoms with Crippen molar-refractivity contribution in [2.24, 2.45) is 0 Å². The molecule has 142 valence electrons. The number of nitrogens with one attached hydrogen (secondary N) is 1. The number of aromatic nitrogens is 3. The molecule has 3 aromatic rings. The second-order valence-corrected chi connectivity index (χ2v) is 8.11. The minimum atomic E-state index is -3.57. The second-order valence-electron chi connectivity index (χ2n) is 6.39. The fourth-order valence-corrected chi connectivity index (χ4v) is 4.21. The number of fused-ring (bicyclic) bond motifs is 1. The van der Waals surface area contributed by atoms with Crippen LogP contribution < -0.4 is 4.72 Å². The predicted molar refractivity (Wildman–Crippen MR) is 103 cm³/mol. The van der Waals surface area contributed by atoms with E-state index in [2.05, 4.69) is 14.9 Å². The molecule has 0 saturated heterocycles. The number of nitrogens with zero attached hydrogens (tertiary/aromatic N) is 4. The molecule has 0 aliphatic carbocycles. The first-order chi connectivity index (χ1) is 13.5. The lowest BCUT2D eigenvalue weighted by molar-refractivity contribution is 0.0821. The minimum absolute atomic E-state index is 0.169. The standard InChI is InChI=1S/C19H17N5O3S/c20-11-14-1-3-15(4-2-14)13-28(25,26)23-17-7-5-16(6-8-17)19-22-21-18-12-27-10-9-24(18)19/h1-8,23H,9-10,12-13H2. The van der Waals surface area contributed by atoms with Gasteiger partial charge in [-0.25, -0.2) is 8.42 Å². The Kier molecular flexibility index (Phi) is 4.81.